The van der Waals surface area contributed by atoms with Crippen LogP contribution in [0.15, 0.2) is 24.3 Å². The molecule has 2 fully saturated rings. The number of carbonyl (C=O) groups is 1. The van der Waals surface area contributed by atoms with E-state index in [2.05, 4.69) is 5.32 Å². The van der Waals surface area contributed by atoms with Crippen LogP contribution in [0.3, 0.4) is 0 Å². The van der Waals surface area contributed by atoms with Crippen molar-refractivity contribution in [3.05, 3.63) is 29.8 Å². The van der Waals surface area contributed by atoms with E-state index in [1.54, 1.807) is 4.90 Å². The van der Waals surface area contributed by atoms with E-state index in [1.165, 1.54) is 5.56 Å². The Morgan fingerprint density at radius 2 is 2.12 bits per heavy atom. The number of hydrogen-bond acceptors (Lipinski definition) is 3. The maximum Gasteiger partial charge on any atom is 0.415 e. The zero-order valence-corrected chi connectivity index (χ0v) is 9.90. The number of hydrogen-bond donors (Lipinski definition) is 1. The highest BCUT2D eigenvalue weighted by atomic mass is 16.6. The minimum absolute atomic E-state index is 0.224. The van der Waals surface area contributed by atoms with E-state index in [1.807, 2.05) is 31.2 Å². The lowest BCUT2D eigenvalue weighted by Crippen LogP contribution is -2.36. The summed E-state index contributed by atoms with van der Waals surface area (Å²) in [6.07, 6.45) is 0.679. The van der Waals surface area contributed by atoms with Crippen molar-refractivity contribution in [2.75, 3.05) is 24.5 Å². The van der Waals surface area contributed by atoms with E-state index in [9.17, 15) is 4.79 Å². The predicted molar refractivity (Wildman–Crippen MR) is 65.2 cm³/mol. The molecule has 0 aromatic heterocycles. The van der Waals surface area contributed by atoms with Gasteiger partial charge in [-0.3, -0.25) is 4.90 Å². The van der Waals surface area contributed by atoms with Crippen molar-refractivity contribution in [3.8, 4) is 0 Å². The van der Waals surface area contributed by atoms with Gasteiger partial charge in [0.05, 0.1) is 6.54 Å². The van der Waals surface area contributed by atoms with Gasteiger partial charge in [-0.05, 0) is 25.6 Å². The van der Waals surface area contributed by atoms with Crippen molar-refractivity contribution >= 4 is 11.8 Å². The molecule has 3 rings (SSSR count). The van der Waals surface area contributed by atoms with Gasteiger partial charge in [-0.25, -0.2) is 4.79 Å². The number of nitrogens with zero attached hydrogens (tertiary/aromatic N) is 1. The van der Waals surface area contributed by atoms with Crippen LogP contribution in [0.5, 0.6) is 0 Å². The highest BCUT2D eigenvalue weighted by Gasteiger charge is 2.47. The molecule has 0 bridgehead atoms. The highest BCUT2D eigenvalue weighted by molar-refractivity contribution is 5.90. The van der Waals surface area contributed by atoms with Crippen molar-refractivity contribution in [2.45, 2.75) is 18.9 Å². The van der Waals surface area contributed by atoms with Crippen LogP contribution < -0.4 is 10.2 Å². The van der Waals surface area contributed by atoms with Crippen molar-refractivity contribution in [1.29, 1.82) is 0 Å². The summed E-state index contributed by atoms with van der Waals surface area (Å²) >= 11 is 0. The van der Waals surface area contributed by atoms with Gasteiger partial charge in [-0.1, -0.05) is 17.7 Å². The summed E-state index contributed by atoms with van der Waals surface area (Å²) in [6, 6.07) is 7.97. The molecular formula is C13H16N2O2. The van der Waals surface area contributed by atoms with E-state index >= 15 is 0 Å². The number of ether oxygens (including phenoxy) is 1. The number of carbonyl (C=O) groups excluding carboxylic acids is 1. The van der Waals surface area contributed by atoms with E-state index in [0.29, 0.717) is 6.54 Å². The molecule has 0 radical (unpaired) electrons. The first-order chi connectivity index (χ1) is 8.19. The maximum atomic E-state index is 11.9. The monoisotopic (exact) mass is 232 g/mol. The third-order valence-electron chi connectivity index (χ3n) is 3.52. The first-order valence-electron chi connectivity index (χ1n) is 5.96. The van der Waals surface area contributed by atoms with Gasteiger partial charge >= 0.3 is 6.09 Å². The number of anilines is 1. The molecule has 1 unspecified atom stereocenters. The second kappa shape index (κ2) is 3.74. The lowest BCUT2D eigenvalue weighted by atomic mass is 10.0. The smallest absolute Gasteiger partial charge is 0.415 e. The fourth-order valence-electron chi connectivity index (χ4n) is 2.49. The van der Waals surface area contributed by atoms with Crippen LogP contribution >= 0.6 is 0 Å². The van der Waals surface area contributed by atoms with Crippen LogP contribution in [-0.4, -0.2) is 31.3 Å². The average molecular weight is 232 g/mol. The molecule has 2 aliphatic heterocycles. The summed E-state index contributed by atoms with van der Waals surface area (Å²) in [4.78, 5) is 13.6. The molecule has 0 aliphatic carbocycles. The zero-order chi connectivity index (χ0) is 11.9. The van der Waals surface area contributed by atoms with Crippen LogP contribution in [0, 0.1) is 6.92 Å². The van der Waals surface area contributed by atoms with Crippen molar-refractivity contribution in [2.24, 2.45) is 0 Å². The largest absolute Gasteiger partial charge is 0.439 e. The van der Waals surface area contributed by atoms with Gasteiger partial charge in [0.25, 0.3) is 0 Å². The second-order valence-electron chi connectivity index (χ2n) is 4.90. The molecule has 1 atom stereocenters. The first kappa shape index (κ1) is 10.6. The van der Waals surface area contributed by atoms with Gasteiger partial charge in [0, 0.05) is 18.7 Å². The Kier molecular flexibility index (Phi) is 2.33. The number of amides is 1. The van der Waals surface area contributed by atoms with Gasteiger partial charge in [0.15, 0.2) is 0 Å². The minimum Gasteiger partial charge on any atom is -0.439 e. The summed E-state index contributed by atoms with van der Waals surface area (Å²) in [7, 11) is 0. The lowest BCUT2D eigenvalue weighted by molar-refractivity contribution is 0.0733. The maximum absolute atomic E-state index is 11.9. The van der Waals surface area contributed by atoms with Gasteiger partial charge in [0.1, 0.15) is 5.60 Å². The van der Waals surface area contributed by atoms with Crippen molar-refractivity contribution in [1.82, 2.24) is 5.32 Å². The second-order valence-corrected chi connectivity index (χ2v) is 4.90. The van der Waals surface area contributed by atoms with Crippen LogP contribution in [0.4, 0.5) is 10.5 Å². The molecule has 2 heterocycles. The molecule has 1 aromatic carbocycles. The van der Waals surface area contributed by atoms with Crippen LogP contribution in [0.1, 0.15) is 12.0 Å². The molecule has 2 aliphatic rings. The third-order valence-corrected chi connectivity index (χ3v) is 3.52. The fourth-order valence-corrected chi connectivity index (χ4v) is 2.49. The normalized spacial score (nSPS) is 27.8. The SMILES string of the molecule is Cc1ccc(N2CC3(CCNC3)OC2=O)cc1. The Morgan fingerprint density at radius 3 is 2.76 bits per heavy atom. The molecular weight excluding hydrogens is 216 g/mol. The Bertz CT molecular complexity index is 435. The molecule has 17 heavy (non-hydrogen) atoms. The summed E-state index contributed by atoms with van der Waals surface area (Å²) in [5.74, 6) is 0. The number of aryl methyl sites for hydroxylation is 1. The fraction of sp³-hybridized carbons (Fsp3) is 0.462. The topological polar surface area (TPSA) is 41.6 Å². The Balaban J connectivity index is 1.85. The molecule has 2 saturated heterocycles. The lowest BCUT2D eigenvalue weighted by Gasteiger charge is -2.19. The molecule has 1 aromatic rings. The highest BCUT2D eigenvalue weighted by Crippen LogP contribution is 2.32. The summed E-state index contributed by atoms with van der Waals surface area (Å²) in [6.45, 7) is 4.38. The molecule has 4 heteroatoms. The Hall–Kier alpha value is -1.55. The van der Waals surface area contributed by atoms with Crippen LogP contribution in [0.2, 0.25) is 0 Å². The van der Waals surface area contributed by atoms with Gasteiger partial charge in [0.2, 0.25) is 0 Å². The van der Waals surface area contributed by atoms with Gasteiger partial charge < -0.3 is 10.1 Å². The van der Waals surface area contributed by atoms with E-state index < -0.39 is 0 Å². The summed E-state index contributed by atoms with van der Waals surface area (Å²) in [5.41, 5.74) is 1.81. The number of benzene rings is 1. The van der Waals surface area contributed by atoms with Crippen molar-refractivity contribution in [3.63, 3.8) is 0 Å². The minimum atomic E-state index is -0.304. The molecule has 0 saturated carbocycles. The summed E-state index contributed by atoms with van der Waals surface area (Å²) in [5, 5.41) is 3.25. The first-order valence-corrected chi connectivity index (χ1v) is 5.96. The molecule has 1 spiro atoms. The predicted octanol–water partition coefficient (Wildman–Crippen LogP) is 1.68. The van der Waals surface area contributed by atoms with Gasteiger partial charge in [-0.2, -0.15) is 0 Å². The van der Waals surface area contributed by atoms with Gasteiger partial charge in [-0.15, -0.1) is 0 Å². The molecule has 90 valence electrons. The standard InChI is InChI=1S/C13H16N2O2/c1-10-2-4-11(5-3-10)15-9-13(17-12(15)16)6-7-14-8-13/h2-5,14H,6-9H2,1H3. The van der Waals surface area contributed by atoms with E-state index in [0.717, 1.165) is 25.2 Å². The van der Waals surface area contributed by atoms with Crippen molar-refractivity contribution < 1.29 is 9.53 Å². The summed E-state index contributed by atoms with van der Waals surface area (Å²) < 4.78 is 5.53. The number of rotatable bonds is 1. The number of nitrogens with one attached hydrogen (secondary N) is 1. The zero-order valence-electron chi connectivity index (χ0n) is 9.90. The van der Waals surface area contributed by atoms with E-state index in [4.69, 9.17) is 4.74 Å². The Labute approximate surface area is 101 Å². The molecule has 4 nitrogen and oxygen atoms in total. The Morgan fingerprint density at radius 1 is 1.35 bits per heavy atom. The molecule has 1 amide bonds. The quantitative estimate of drug-likeness (QED) is 0.801. The van der Waals surface area contributed by atoms with Crippen LogP contribution in [0.25, 0.3) is 0 Å². The van der Waals surface area contributed by atoms with Crippen LogP contribution in [-0.2, 0) is 4.74 Å². The van der Waals surface area contributed by atoms with E-state index in [-0.39, 0.29) is 11.7 Å². The third kappa shape index (κ3) is 1.78. The molecule has 1 N–H and O–H groups in total. The average Bonchev–Trinajstić information content (AvgIpc) is 2.88.